The van der Waals surface area contributed by atoms with Gasteiger partial charge < -0.3 is 19.9 Å². The van der Waals surface area contributed by atoms with Gasteiger partial charge in [-0.05, 0) is 18.9 Å². The van der Waals surface area contributed by atoms with E-state index >= 15 is 0 Å². The van der Waals surface area contributed by atoms with Gasteiger partial charge in [-0.2, -0.15) is 0 Å². The van der Waals surface area contributed by atoms with Crippen molar-refractivity contribution in [2.24, 2.45) is 4.99 Å². The van der Waals surface area contributed by atoms with E-state index in [9.17, 15) is 0 Å². The third-order valence-corrected chi connectivity index (χ3v) is 4.46. The number of benzene rings is 1. The molecule has 26 heavy (non-hydrogen) atoms. The number of hydrogen-bond donors (Lipinski definition) is 2. The maximum absolute atomic E-state index is 5.38. The molecule has 0 bridgehead atoms. The van der Waals surface area contributed by atoms with E-state index in [1.165, 1.54) is 19.3 Å². The minimum atomic E-state index is 0. The first-order chi connectivity index (χ1) is 12.3. The summed E-state index contributed by atoms with van der Waals surface area (Å²) in [5.74, 6) is 3.67. The van der Waals surface area contributed by atoms with Crippen molar-refractivity contribution in [2.45, 2.75) is 45.3 Å². The maximum atomic E-state index is 5.38. The van der Waals surface area contributed by atoms with Crippen molar-refractivity contribution in [1.29, 1.82) is 0 Å². The molecule has 1 aliphatic heterocycles. The zero-order chi connectivity index (χ0) is 17.5. The fraction of sp³-hybridized carbons (Fsp3) is 0.500. The van der Waals surface area contributed by atoms with Gasteiger partial charge in [0.25, 0.3) is 0 Å². The summed E-state index contributed by atoms with van der Waals surface area (Å²) >= 11 is 0. The normalized spacial score (nSPS) is 14.0. The molecule has 2 aromatic rings. The monoisotopic (exact) mass is 470 g/mol. The molecule has 2 heterocycles. The van der Waals surface area contributed by atoms with Crippen molar-refractivity contribution < 1.29 is 4.74 Å². The van der Waals surface area contributed by atoms with Crippen molar-refractivity contribution in [2.75, 3.05) is 14.2 Å². The summed E-state index contributed by atoms with van der Waals surface area (Å²) in [6, 6.07) is 7.96. The number of aliphatic imine (C=N–C) groups is 1. The van der Waals surface area contributed by atoms with Gasteiger partial charge >= 0.3 is 0 Å². The molecule has 2 N–H and O–H groups in total. The standard InChI is InChI=1S/C18H26N6O.HI/c1-19-18(20-12-14-8-5-6-9-15(14)25-2)21-13-17-23-22-16-10-4-3-7-11-24(16)17;/h5-6,8-9H,3-4,7,10-13H2,1-2H3,(H2,19,20,21);1H. The number of nitrogens with one attached hydrogen (secondary N) is 2. The largest absolute Gasteiger partial charge is 0.496 e. The molecule has 1 aliphatic rings. The molecule has 0 radical (unpaired) electrons. The molecule has 1 aromatic carbocycles. The summed E-state index contributed by atoms with van der Waals surface area (Å²) in [7, 11) is 3.45. The molecule has 7 nitrogen and oxygen atoms in total. The lowest BCUT2D eigenvalue weighted by Crippen LogP contribution is -2.37. The Labute approximate surface area is 171 Å². The third kappa shape index (κ3) is 5.09. The summed E-state index contributed by atoms with van der Waals surface area (Å²) in [4.78, 5) is 4.28. The first kappa shape index (κ1) is 20.5. The second kappa shape index (κ2) is 10.3. The zero-order valence-corrected chi connectivity index (χ0v) is 17.7. The Bertz CT molecular complexity index is 730. The fourth-order valence-corrected chi connectivity index (χ4v) is 3.09. The van der Waals surface area contributed by atoms with Crippen molar-refractivity contribution in [3.8, 4) is 5.75 Å². The van der Waals surface area contributed by atoms with Gasteiger partial charge in [0.1, 0.15) is 11.6 Å². The number of guanidine groups is 1. The second-order valence-corrected chi connectivity index (χ2v) is 6.09. The SMILES string of the molecule is CN=C(NCc1ccccc1OC)NCc1nnc2n1CCCCC2.I. The highest BCUT2D eigenvalue weighted by Gasteiger charge is 2.14. The second-order valence-electron chi connectivity index (χ2n) is 6.09. The van der Waals surface area contributed by atoms with Crippen LogP contribution >= 0.6 is 24.0 Å². The van der Waals surface area contributed by atoms with E-state index in [1.807, 2.05) is 24.3 Å². The van der Waals surface area contributed by atoms with Crippen LogP contribution in [-0.2, 0) is 26.1 Å². The van der Waals surface area contributed by atoms with Crippen molar-refractivity contribution in [3.05, 3.63) is 41.5 Å². The molecule has 0 saturated heterocycles. The number of halogens is 1. The molecule has 0 aliphatic carbocycles. The Morgan fingerprint density at radius 2 is 1.96 bits per heavy atom. The van der Waals surface area contributed by atoms with Gasteiger partial charge in [0.15, 0.2) is 11.8 Å². The van der Waals surface area contributed by atoms with Gasteiger partial charge in [0, 0.05) is 32.1 Å². The summed E-state index contributed by atoms with van der Waals surface area (Å²) in [5, 5.41) is 15.3. The highest BCUT2D eigenvalue weighted by atomic mass is 127. The van der Waals surface area contributed by atoms with Crippen molar-refractivity contribution in [1.82, 2.24) is 25.4 Å². The average molecular weight is 470 g/mol. The lowest BCUT2D eigenvalue weighted by Gasteiger charge is -2.14. The van der Waals surface area contributed by atoms with Crippen LogP contribution in [0, 0.1) is 0 Å². The van der Waals surface area contributed by atoms with E-state index in [-0.39, 0.29) is 24.0 Å². The minimum absolute atomic E-state index is 0. The number of fused-ring (bicyclic) bond motifs is 1. The van der Waals surface area contributed by atoms with E-state index < -0.39 is 0 Å². The molecule has 0 amide bonds. The van der Waals surface area contributed by atoms with E-state index in [0.29, 0.717) is 13.1 Å². The first-order valence-electron chi connectivity index (χ1n) is 8.79. The van der Waals surface area contributed by atoms with E-state index in [4.69, 9.17) is 4.74 Å². The summed E-state index contributed by atoms with van der Waals surface area (Å²) in [6.45, 7) is 2.26. The Morgan fingerprint density at radius 1 is 1.15 bits per heavy atom. The van der Waals surface area contributed by atoms with Gasteiger partial charge in [-0.25, -0.2) is 0 Å². The Hall–Kier alpha value is -1.84. The molecule has 0 atom stereocenters. The van der Waals surface area contributed by atoms with Crippen LogP contribution in [0.3, 0.4) is 0 Å². The Kier molecular flexibility index (Phi) is 8.14. The van der Waals surface area contributed by atoms with Crippen LogP contribution < -0.4 is 15.4 Å². The quantitative estimate of drug-likeness (QED) is 0.399. The molecule has 1 aromatic heterocycles. The van der Waals surface area contributed by atoms with Gasteiger partial charge in [-0.15, -0.1) is 34.2 Å². The topological polar surface area (TPSA) is 76.4 Å². The molecule has 8 heteroatoms. The van der Waals surface area contributed by atoms with Crippen LogP contribution in [0.4, 0.5) is 0 Å². The average Bonchev–Trinajstić information content (AvgIpc) is 2.88. The molecular formula is C18H27IN6O. The van der Waals surface area contributed by atoms with Crippen LogP contribution in [-0.4, -0.2) is 34.9 Å². The molecular weight excluding hydrogens is 443 g/mol. The molecule has 0 unspecified atom stereocenters. The number of methoxy groups -OCH3 is 1. The number of para-hydroxylation sites is 1. The number of ether oxygens (including phenoxy) is 1. The number of hydrogen-bond acceptors (Lipinski definition) is 4. The molecule has 3 rings (SSSR count). The highest BCUT2D eigenvalue weighted by Crippen LogP contribution is 2.17. The smallest absolute Gasteiger partial charge is 0.191 e. The van der Waals surface area contributed by atoms with Crippen LogP contribution in [0.1, 0.15) is 36.5 Å². The maximum Gasteiger partial charge on any atom is 0.191 e. The van der Waals surface area contributed by atoms with Gasteiger partial charge in [0.2, 0.25) is 0 Å². The third-order valence-electron chi connectivity index (χ3n) is 4.46. The Balaban J connectivity index is 0.00000243. The highest BCUT2D eigenvalue weighted by molar-refractivity contribution is 14.0. The molecule has 0 spiro atoms. The predicted molar refractivity (Wildman–Crippen MR) is 113 cm³/mol. The van der Waals surface area contributed by atoms with Crippen LogP contribution in [0.25, 0.3) is 0 Å². The lowest BCUT2D eigenvalue weighted by atomic mass is 10.2. The number of rotatable bonds is 5. The van der Waals surface area contributed by atoms with E-state index in [0.717, 1.165) is 41.9 Å². The van der Waals surface area contributed by atoms with Crippen LogP contribution in [0.5, 0.6) is 5.75 Å². The Morgan fingerprint density at radius 3 is 2.77 bits per heavy atom. The van der Waals surface area contributed by atoms with E-state index in [2.05, 4.69) is 30.4 Å². The van der Waals surface area contributed by atoms with Crippen molar-refractivity contribution >= 4 is 29.9 Å². The number of aryl methyl sites for hydroxylation is 1. The first-order valence-corrected chi connectivity index (χ1v) is 8.79. The van der Waals surface area contributed by atoms with Gasteiger partial charge in [-0.1, -0.05) is 24.6 Å². The summed E-state index contributed by atoms with van der Waals surface area (Å²) in [6.07, 6.45) is 4.68. The van der Waals surface area contributed by atoms with Crippen LogP contribution in [0.15, 0.2) is 29.3 Å². The van der Waals surface area contributed by atoms with Crippen molar-refractivity contribution in [3.63, 3.8) is 0 Å². The van der Waals surface area contributed by atoms with Crippen LogP contribution in [0.2, 0.25) is 0 Å². The summed E-state index contributed by atoms with van der Waals surface area (Å²) in [5.41, 5.74) is 1.09. The molecule has 0 fully saturated rings. The summed E-state index contributed by atoms with van der Waals surface area (Å²) < 4.78 is 7.63. The van der Waals surface area contributed by atoms with E-state index in [1.54, 1.807) is 14.2 Å². The van der Waals surface area contributed by atoms with Gasteiger partial charge in [-0.3, -0.25) is 4.99 Å². The minimum Gasteiger partial charge on any atom is -0.496 e. The number of aromatic nitrogens is 3. The fourth-order valence-electron chi connectivity index (χ4n) is 3.09. The molecule has 142 valence electrons. The molecule has 0 saturated carbocycles. The lowest BCUT2D eigenvalue weighted by molar-refractivity contribution is 0.409. The zero-order valence-electron chi connectivity index (χ0n) is 15.4. The number of nitrogens with zero attached hydrogens (tertiary/aromatic N) is 4. The van der Waals surface area contributed by atoms with Gasteiger partial charge in [0.05, 0.1) is 13.7 Å². The predicted octanol–water partition coefficient (Wildman–Crippen LogP) is 2.50.